The van der Waals surface area contributed by atoms with E-state index in [4.69, 9.17) is 65.9 Å². The largest absolute Gasteiger partial charge is 0.770 e. The highest BCUT2D eigenvalue weighted by atomic mass is 32.3. The van der Waals surface area contributed by atoms with Crippen molar-refractivity contribution in [1.29, 1.82) is 0 Å². The molecule has 2 N–H and O–H groups in total. The number of thiophene rings is 4. The molecule has 4 unspecified atom stereocenters. The van der Waals surface area contributed by atoms with Crippen LogP contribution in [0.3, 0.4) is 0 Å². The molecule has 2 saturated heterocycles. The van der Waals surface area contributed by atoms with Gasteiger partial charge in [-0.25, -0.2) is 0 Å². The maximum atomic E-state index is 9.79. The molecule has 4 aromatic heterocycles. The minimum absolute atomic E-state index is 0.0817. The SMILES string of the molecule is CS(C)(=O)([O-])O.CS(C)(=O)([O-])O.Cc1sc(C2=C3OCCOC3C(c3sc(-c4sc(-c5sc(C6=C7OCCOC7C(C)S6)c6c5OCCO6)c5c4OCCO5)c4c3OCCO4)S2)c2c1OCCO2. The van der Waals surface area contributed by atoms with Crippen LogP contribution in [0.15, 0.2) is 11.5 Å². The van der Waals surface area contributed by atoms with E-state index in [0.717, 1.165) is 114 Å². The van der Waals surface area contributed by atoms with Crippen LogP contribution in [0.1, 0.15) is 31.7 Å². The second-order valence-electron chi connectivity index (χ2n) is 17.1. The van der Waals surface area contributed by atoms with Gasteiger partial charge < -0.3 is 75.1 Å². The summed E-state index contributed by atoms with van der Waals surface area (Å²) in [5.41, 5.74) is 0. The zero-order valence-electron chi connectivity index (χ0n) is 37.5. The molecule has 0 saturated carbocycles. The van der Waals surface area contributed by atoms with Crippen LogP contribution in [0.5, 0.6) is 46.0 Å². The van der Waals surface area contributed by atoms with Crippen molar-refractivity contribution in [2.75, 3.05) is 104 Å². The zero-order chi connectivity index (χ0) is 48.0. The number of hydrogen-bond acceptors (Lipinski definition) is 22. The molecule has 0 radical (unpaired) electrons. The fourth-order valence-corrected chi connectivity index (χ4v) is 16.1. The van der Waals surface area contributed by atoms with Crippen LogP contribution in [-0.2, 0) is 38.2 Å². The highest BCUT2D eigenvalue weighted by Crippen LogP contribution is 2.68. The van der Waals surface area contributed by atoms with E-state index in [1.165, 1.54) is 0 Å². The standard InChI is InChI=1S/C38H34O12S6.2C2H8O3S/c1-15-17-19(41-5-3-39-17)29(51-15)31-21-23(45-9-7-43-21)33(53-31)35-25-27(49-13-11-47-25)37(55-35)38-28-26(48-12-14-50-28)36(56-38)34-24-22(44-8-10-46-24)32(54-34)30-20-18(16(2)52-30)40-4-6-42-20;2*1-6(2,3,4)5/h15,17,24,34H,3-14H2,1-2H3;2*1-2H3,(H2,3,4,5)/p-2. The molecule has 8 aliphatic rings. The predicted molar refractivity (Wildman–Crippen MR) is 263 cm³/mol. The van der Waals surface area contributed by atoms with Gasteiger partial charge in [0.2, 0.25) is 0 Å². The van der Waals surface area contributed by atoms with Crippen molar-refractivity contribution in [3.63, 3.8) is 0 Å². The molecule has 0 spiro atoms. The van der Waals surface area contributed by atoms with Gasteiger partial charge in [-0.2, -0.15) is 0 Å². The molecule has 18 nitrogen and oxygen atoms in total. The minimum Gasteiger partial charge on any atom is -0.770 e. The van der Waals surface area contributed by atoms with E-state index >= 15 is 0 Å². The van der Waals surface area contributed by atoms with Gasteiger partial charge in [-0.3, -0.25) is 8.42 Å². The van der Waals surface area contributed by atoms with Gasteiger partial charge in [0.05, 0.1) is 62.4 Å². The first-order valence-corrected chi connectivity index (χ1v) is 31.6. The Morgan fingerprint density at radius 3 is 1.31 bits per heavy atom. The van der Waals surface area contributed by atoms with Gasteiger partial charge in [-0.15, -0.1) is 68.9 Å². The summed E-state index contributed by atoms with van der Waals surface area (Å²) in [6, 6.07) is 0. The Labute approximate surface area is 415 Å². The molecular formula is C42H48O18S8-2. The number of aryl methyl sites for hydroxylation is 1. The molecule has 0 bridgehead atoms. The molecule has 8 aliphatic heterocycles. The Morgan fingerprint density at radius 2 is 0.794 bits per heavy atom. The minimum atomic E-state index is -4.35. The monoisotopic (exact) mass is 1100 g/mol. The summed E-state index contributed by atoms with van der Waals surface area (Å²) < 4.78 is 131. The van der Waals surface area contributed by atoms with Crippen LogP contribution >= 0.6 is 68.9 Å². The Morgan fingerprint density at radius 1 is 0.456 bits per heavy atom. The summed E-state index contributed by atoms with van der Waals surface area (Å²) in [5.74, 6) is 7.65. The molecule has 0 aromatic carbocycles. The van der Waals surface area contributed by atoms with E-state index in [-0.39, 0.29) is 22.7 Å². The maximum Gasteiger partial charge on any atom is 0.181 e. The number of fused-ring (bicyclic) bond motifs is 6. The molecule has 12 rings (SSSR count). The predicted octanol–water partition coefficient (Wildman–Crippen LogP) is 7.79. The number of ether oxygens (including phenoxy) is 12. The lowest BCUT2D eigenvalue weighted by molar-refractivity contribution is -0.0391. The molecule has 4 aromatic rings. The molecular weight excluding hydrogens is 1050 g/mol. The second-order valence-corrected chi connectivity index (χ2v) is 30.6. The Hall–Kier alpha value is -2.96. The fourth-order valence-electron chi connectivity index (χ4n) is 8.06. The van der Waals surface area contributed by atoms with Gasteiger partial charge >= 0.3 is 0 Å². The first-order valence-electron chi connectivity index (χ1n) is 21.3. The normalized spacial score (nSPS) is 24.6. The van der Waals surface area contributed by atoms with E-state index in [9.17, 15) is 17.5 Å². The van der Waals surface area contributed by atoms with Crippen molar-refractivity contribution < 1.29 is 83.5 Å². The smallest absolute Gasteiger partial charge is 0.181 e. The third kappa shape index (κ3) is 10.1. The lowest BCUT2D eigenvalue weighted by Gasteiger charge is -2.32. The number of sulfone groups is 2. The van der Waals surface area contributed by atoms with Gasteiger partial charge in [-0.1, -0.05) is 19.3 Å². The van der Waals surface area contributed by atoms with E-state index < -0.39 is 19.3 Å². The highest BCUT2D eigenvalue weighted by Gasteiger charge is 2.48. The zero-order valence-corrected chi connectivity index (χ0v) is 44.0. The third-order valence-electron chi connectivity index (χ3n) is 10.4. The maximum absolute atomic E-state index is 9.79. The van der Waals surface area contributed by atoms with Crippen LogP contribution < -0.4 is 37.9 Å². The summed E-state index contributed by atoms with van der Waals surface area (Å²) >= 11 is 10.1. The average Bonchev–Trinajstić information content (AvgIpc) is 4.14. The van der Waals surface area contributed by atoms with Crippen molar-refractivity contribution in [1.82, 2.24) is 0 Å². The molecule has 2 fully saturated rings. The van der Waals surface area contributed by atoms with E-state index in [2.05, 4.69) is 13.8 Å². The van der Waals surface area contributed by atoms with Gasteiger partial charge in [-0.05, 0) is 13.8 Å². The summed E-state index contributed by atoms with van der Waals surface area (Å²) in [4.78, 5) is 9.93. The average molecular weight is 1100 g/mol. The fraction of sp³-hybridized carbons (Fsp3) is 0.524. The lowest BCUT2D eigenvalue weighted by Crippen LogP contribution is -2.30. The quantitative estimate of drug-likeness (QED) is 0.194. The van der Waals surface area contributed by atoms with Crippen LogP contribution in [0.25, 0.3) is 29.3 Å². The van der Waals surface area contributed by atoms with Gasteiger partial charge in [0, 0.05) is 35.2 Å². The van der Waals surface area contributed by atoms with Gasteiger partial charge in [0.25, 0.3) is 0 Å². The first-order chi connectivity index (χ1) is 32.1. The number of rotatable bonds is 5. The number of hydrogen-bond donors (Lipinski definition) is 2. The summed E-state index contributed by atoms with van der Waals surface area (Å²) in [6.07, 6.45) is 2.66. The molecule has 0 amide bonds. The molecule has 4 atom stereocenters. The Balaban J connectivity index is 0.000000402. The van der Waals surface area contributed by atoms with Crippen LogP contribution in [0.2, 0.25) is 0 Å². The lowest BCUT2D eigenvalue weighted by atomic mass is 10.1. The molecule has 374 valence electrons. The second kappa shape index (κ2) is 18.0. The third-order valence-corrected chi connectivity index (χ3v) is 18.4. The van der Waals surface area contributed by atoms with E-state index in [0.29, 0.717) is 96.5 Å². The summed E-state index contributed by atoms with van der Waals surface area (Å²) in [5, 5.41) is 0.0795. The topological polar surface area (TPSA) is 231 Å². The van der Waals surface area contributed by atoms with E-state index in [1.54, 1.807) is 68.9 Å². The van der Waals surface area contributed by atoms with Crippen molar-refractivity contribution in [3.8, 4) is 65.5 Å². The first kappa shape index (κ1) is 48.7. The van der Waals surface area contributed by atoms with Crippen molar-refractivity contribution in [2.45, 2.75) is 36.6 Å². The van der Waals surface area contributed by atoms with Crippen LogP contribution in [0.4, 0.5) is 0 Å². The van der Waals surface area contributed by atoms with Crippen LogP contribution in [0, 0.1) is 6.92 Å². The van der Waals surface area contributed by atoms with Gasteiger partial charge in [0.1, 0.15) is 89.8 Å². The van der Waals surface area contributed by atoms with Gasteiger partial charge in [0.15, 0.2) is 46.0 Å². The Bertz CT molecular complexity index is 2780. The molecule has 26 heteroatoms. The Kier molecular flexibility index (Phi) is 12.9. The van der Waals surface area contributed by atoms with Crippen LogP contribution in [-0.4, -0.2) is 148 Å². The van der Waals surface area contributed by atoms with Crippen molar-refractivity contribution in [3.05, 3.63) is 31.0 Å². The summed E-state index contributed by atoms with van der Waals surface area (Å²) in [6.45, 7) is 10.1. The molecule has 0 aliphatic carbocycles. The number of thioether (sulfide) groups is 2. The van der Waals surface area contributed by atoms with Crippen molar-refractivity contribution in [2.24, 2.45) is 0 Å². The highest BCUT2D eigenvalue weighted by molar-refractivity contribution is 8.10. The molecule has 68 heavy (non-hydrogen) atoms. The summed E-state index contributed by atoms with van der Waals surface area (Å²) in [7, 11) is -8.70. The van der Waals surface area contributed by atoms with Crippen molar-refractivity contribution >= 4 is 97.9 Å². The van der Waals surface area contributed by atoms with E-state index in [1.807, 2.05) is 0 Å². The molecule has 12 heterocycles.